The van der Waals surface area contributed by atoms with Crippen LogP contribution in [-0.2, 0) is 11.2 Å². The van der Waals surface area contributed by atoms with E-state index in [9.17, 15) is 14.4 Å². The summed E-state index contributed by atoms with van der Waals surface area (Å²) in [7, 11) is 0. The van der Waals surface area contributed by atoms with Gasteiger partial charge in [-0.1, -0.05) is 55.0 Å². The van der Waals surface area contributed by atoms with Gasteiger partial charge in [-0.15, -0.1) is 0 Å². The minimum absolute atomic E-state index is 0.172. The third-order valence-corrected chi connectivity index (χ3v) is 7.37. The first-order valence-corrected chi connectivity index (χ1v) is 12.7. The molecule has 2 N–H and O–H groups in total. The van der Waals surface area contributed by atoms with E-state index in [0.717, 1.165) is 39.7 Å². The molecule has 4 amide bonds. The van der Waals surface area contributed by atoms with Crippen molar-refractivity contribution in [1.82, 2.24) is 15.2 Å². The molecule has 0 saturated carbocycles. The number of imide groups is 1. The van der Waals surface area contributed by atoms with Gasteiger partial charge in [-0.25, -0.2) is 9.69 Å². The molecule has 2 aliphatic rings. The molecule has 1 fully saturated rings. The van der Waals surface area contributed by atoms with E-state index in [-0.39, 0.29) is 17.8 Å². The van der Waals surface area contributed by atoms with E-state index < -0.39 is 12.1 Å². The quantitative estimate of drug-likeness (QED) is 0.380. The number of urea groups is 1. The van der Waals surface area contributed by atoms with Crippen molar-refractivity contribution >= 4 is 34.4 Å². The number of aromatic nitrogens is 1. The van der Waals surface area contributed by atoms with Gasteiger partial charge in [0.2, 0.25) is 0 Å². The molecule has 1 saturated heterocycles. The first kappa shape index (κ1) is 23.0. The molecule has 0 radical (unpaired) electrons. The van der Waals surface area contributed by atoms with Gasteiger partial charge in [-0.3, -0.25) is 14.5 Å². The average molecular weight is 493 g/mol. The topological polar surface area (TPSA) is 85.5 Å². The fourth-order valence-electron chi connectivity index (χ4n) is 5.51. The van der Waals surface area contributed by atoms with Crippen LogP contribution in [0.25, 0.3) is 10.9 Å². The number of nitrogens with zero attached hydrogens (tertiary/aromatic N) is 2. The molecule has 2 aliphatic heterocycles. The van der Waals surface area contributed by atoms with Crippen LogP contribution in [0.15, 0.2) is 72.8 Å². The van der Waals surface area contributed by atoms with Crippen molar-refractivity contribution < 1.29 is 14.4 Å². The number of fused-ring (bicyclic) bond motifs is 4. The number of aryl methyl sites for hydroxylation is 1. The predicted molar refractivity (Wildman–Crippen MR) is 143 cm³/mol. The molecule has 7 nitrogen and oxygen atoms in total. The van der Waals surface area contributed by atoms with Crippen LogP contribution >= 0.6 is 0 Å². The summed E-state index contributed by atoms with van der Waals surface area (Å²) >= 11 is 0. The molecule has 7 heteroatoms. The number of para-hydroxylation sites is 1. The third-order valence-electron chi connectivity index (χ3n) is 7.37. The molecule has 3 aromatic carbocycles. The highest BCUT2D eigenvalue weighted by molar-refractivity contribution is 6.22. The summed E-state index contributed by atoms with van der Waals surface area (Å²) in [5, 5.41) is 3.93. The van der Waals surface area contributed by atoms with Gasteiger partial charge in [-0.2, -0.15) is 0 Å². The normalized spacial score (nSPS) is 18.8. The number of hydrogen-bond acceptors (Lipinski definition) is 3. The smallest absolute Gasteiger partial charge is 0.332 e. The number of hydrogen-bond donors (Lipinski definition) is 2. The van der Waals surface area contributed by atoms with Crippen molar-refractivity contribution in [2.75, 3.05) is 11.4 Å². The summed E-state index contributed by atoms with van der Waals surface area (Å²) in [6.07, 6.45) is 1.29. The van der Waals surface area contributed by atoms with Crippen molar-refractivity contribution in [2.45, 2.75) is 38.8 Å². The number of nitrogens with one attached hydrogen (secondary N) is 2. The van der Waals surface area contributed by atoms with Gasteiger partial charge in [0, 0.05) is 35.1 Å². The van der Waals surface area contributed by atoms with Crippen LogP contribution in [0, 0.1) is 6.92 Å². The highest BCUT2D eigenvalue weighted by Gasteiger charge is 2.53. The zero-order chi connectivity index (χ0) is 25.7. The fraction of sp³-hybridized carbons (Fsp3) is 0.233. The first-order chi connectivity index (χ1) is 18.0. The van der Waals surface area contributed by atoms with Crippen molar-refractivity contribution in [3.05, 3.63) is 101 Å². The van der Waals surface area contributed by atoms with Crippen LogP contribution in [0.3, 0.4) is 0 Å². The van der Waals surface area contributed by atoms with Crippen molar-refractivity contribution in [2.24, 2.45) is 0 Å². The van der Waals surface area contributed by atoms with Crippen LogP contribution in [0.5, 0.6) is 0 Å². The van der Waals surface area contributed by atoms with E-state index in [1.54, 1.807) is 29.2 Å². The summed E-state index contributed by atoms with van der Waals surface area (Å²) in [5.74, 6) is -0.420. The molecule has 2 atom stereocenters. The molecular formula is C30H28N4O3. The molecule has 2 unspecified atom stereocenters. The van der Waals surface area contributed by atoms with Crippen LogP contribution < -0.4 is 10.2 Å². The van der Waals surface area contributed by atoms with Crippen molar-refractivity contribution in [3.8, 4) is 0 Å². The minimum Gasteiger partial charge on any atom is -0.356 e. The molecule has 186 valence electrons. The van der Waals surface area contributed by atoms with E-state index in [4.69, 9.17) is 0 Å². The lowest BCUT2D eigenvalue weighted by molar-refractivity contribution is -0.120. The predicted octanol–water partition coefficient (Wildman–Crippen LogP) is 5.10. The molecule has 37 heavy (non-hydrogen) atoms. The molecule has 0 bridgehead atoms. The highest BCUT2D eigenvalue weighted by Crippen LogP contribution is 2.44. The zero-order valence-corrected chi connectivity index (χ0v) is 20.8. The monoisotopic (exact) mass is 492 g/mol. The van der Waals surface area contributed by atoms with E-state index in [0.29, 0.717) is 24.2 Å². The number of benzene rings is 3. The fourth-order valence-corrected chi connectivity index (χ4v) is 5.51. The maximum absolute atomic E-state index is 13.9. The maximum atomic E-state index is 13.9. The third kappa shape index (κ3) is 3.69. The molecule has 4 aromatic rings. The van der Waals surface area contributed by atoms with Gasteiger partial charge in [0.15, 0.2) is 0 Å². The molecule has 0 aliphatic carbocycles. The van der Waals surface area contributed by atoms with Gasteiger partial charge in [0.05, 0.1) is 5.69 Å². The minimum atomic E-state index is -0.613. The summed E-state index contributed by atoms with van der Waals surface area (Å²) in [6.45, 7) is 4.61. The lowest BCUT2D eigenvalue weighted by Gasteiger charge is -2.36. The first-order valence-electron chi connectivity index (χ1n) is 12.7. The Morgan fingerprint density at radius 2 is 1.73 bits per heavy atom. The Bertz CT molecular complexity index is 1520. The van der Waals surface area contributed by atoms with Gasteiger partial charge in [0.25, 0.3) is 11.8 Å². The molecule has 1 aromatic heterocycles. The standard InChI is InChI=1S/C30H28N4O3/c1-3-16-31-28(35)20-12-14-21(15-13-20)33-29(36)25-17-23-22-6-4-5-7-24(22)32-26(23)27(34(25)30(33)37)19-10-8-18(2)9-11-19/h4-15,25,27,32H,3,16-17H2,1-2H3,(H,31,35). The Morgan fingerprint density at radius 1 is 1.00 bits per heavy atom. The molecular weight excluding hydrogens is 464 g/mol. The second-order valence-corrected chi connectivity index (χ2v) is 9.76. The van der Waals surface area contributed by atoms with Gasteiger partial charge in [-0.05, 0) is 54.8 Å². The van der Waals surface area contributed by atoms with E-state index in [1.807, 2.05) is 56.3 Å². The molecule has 6 rings (SSSR count). The SMILES string of the molecule is CCCNC(=O)c1ccc(N2C(=O)C3Cc4c([nH]c5ccccc45)C(c4ccc(C)cc4)N3C2=O)cc1. The number of aromatic amines is 1. The van der Waals surface area contributed by atoms with Gasteiger partial charge >= 0.3 is 6.03 Å². The zero-order valence-electron chi connectivity index (χ0n) is 20.8. The summed E-state index contributed by atoms with van der Waals surface area (Å²) < 4.78 is 0. The van der Waals surface area contributed by atoms with E-state index in [2.05, 4.69) is 16.4 Å². The Labute approximate surface area is 215 Å². The Morgan fingerprint density at radius 3 is 2.46 bits per heavy atom. The van der Waals surface area contributed by atoms with Crippen molar-refractivity contribution in [1.29, 1.82) is 0 Å². The van der Waals surface area contributed by atoms with Crippen LogP contribution in [-0.4, -0.2) is 40.3 Å². The number of carbonyl (C=O) groups excluding carboxylic acids is 3. The number of rotatable bonds is 5. The highest BCUT2D eigenvalue weighted by atomic mass is 16.2. The van der Waals surface area contributed by atoms with Crippen LogP contribution in [0.2, 0.25) is 0 Å². The molecule has 0 spiro atoms. The Kier molecular flexibility index (Phi) is 5.56. The number of carbonyl (C=O) groups is 3. The average Bonchev–Trinajstić information content (AvgIpc) is 3.41. The van der Waals surface area contributed by atoms with E-state index >= 15 is 0 Å². The lowest BCUT2D eigenvalue weighted by Crippen LogP contribution is -2.44. The Balaban J connectivity index is 1.41. The van der Waals surface area contributed by atoms with E-state index in [1.165, 1.54) is 4.90 Å². The van der Waals surface area contributed by atoms with Crippen LogP contribution in [0.1, 0.15) is 52.1 Å². The lowest BCUT2D eigenvalue weighted by atomic mass is 9.88. The second kappa shape index (κ2) is 8.92. The molecule has 3 heterocycles. The summed E-state index contributed by atoms with van der Waals surface area (Å²) in [4.78, 5) is 46.6. The second-order valence-electron chi connectivity index (χ2n) is 9.76. The Hall–Kier alpha value is -4.39. The summed E-state index contributed by atoms with van der Waals surface area (Å²) in [5.41, 5.74) is 6.07. The maximum Gasteiger partial charge on any atom is 0.332 e. The summed E-state index contributed by atoms with van der Waals surface area (Å²) in [6, 6.07) is 21.5. The number of amides is 4. The van der Waals surface area contributed by atoms with Crippen LogP contribution in [0.4, 0.5) is 10.5 Å². The van der Waals surface area contributed by atoms with Gasteiger partial charge < -0.3 is 10.3 Å². The van der Waals surface area contributed by atoms with Crippen molar-refractivity contribution in [3.63, 3.8) is 0 Å². The number of anilines is 1. The largest absolute Gasteiger partial charge is 0.356 e. The van der Waals surface area contributed by atoms with Gasteiger partial charge in [0.1, 0.15) is 12.1 Å². The number of H-pyrrole nitrogens is 1.